The number of rotatable bonds is 3. The minimum Gasteiger partial charge on any atom is -0.512 e. The van der Waals surface area contributed by atoms with Gasteiger partial charge < -0.3 is 15.3 Å². The summed E-state index contributed by atoms with van der Waals surface area (Å²) in [4.78, 5) is 34.5. The topological polar surface area (TPSA) is 112 Å². The first-order valence-electron chi connectivity index (χ1n) is 13.5. The molecule has 0 spiro atoms. The molecule has 0 atom stereocenters. The molecule has 0 aliphatic heterocycles. The molecule has 3 N–H and O–H groups in total. The molecule has 41 heavy (non-hydrogen) atoms. The van der Waals surface area contributed by atoms with Crippen LogP contribution >= 0.6 is 0 Å². The van der Waals surface area contributed by atoms with Crippen molar-refractivity contribution in [1.82, 2.24) is 0 Å². The molecular formula is C33H60Co2O6+6. The maximum Gasteiger partial charge on any atom is 3.00 e. The number of allylic oxidation sites excluding steroid dienone is 6. The molecule has 0 aromatic rings. The number of aliphatic hydroxyl groups excluding tert-OH is 3. The molecule has 0 aliphatic carbocycles. The predicted octanol–water partition coefficient (Wildman–Crippen LogP) is 9.26. The summed E-state index contributed by atoms with van der Waals surface area (Å²) in [7, 11) is 0. The fourth-order valence-electron chi connectivity index (χ4n) is 1.67. The van der Waals surface area contributed by atoms with E-state index >= 15 is 0 Å². The smallest absolute Gasteiger partial charge is 0.512 e. The summed E-state index contributed by atoms with van der Waals surface area (Å²) < 4.78 is 0. The Balaban J connectivity index is -0.000000154. The van der Waals surface area contributed by atoms with Gasteiger partial charge in [0.1, 0.15) is 17.3 Å². The predicted molar refractivity (Wildman–Crippen MR) is 164 cm³/mol. The number of aliphatic hydroxyl groups is 3. The largest absolute Gasteiger partial charge is 3.00 e. The van der Waals surface area contributed by atoms with E-state index in [-0.39, 0.29) is 84.4 Å². The van der Waals surface area contributed by atoms with E-state index in [1.165, 1.54) is 18.2 Å². The van der Waals surface area contributed by atoms with Crippen LogP contribution in [0.25, 0.3) is 0 Å². The van der Waals surface area contributed by atoms with E-state index in [1.807, 2.05) is 125 Å². The van der Waals surface area contributed by atoms with E-state index in [0.29, 0.717) is 0 Å². The molecule has 6 nitrogen and oxygen atoms in total. The van der Waals surface area contributed by atoms with Gasteiger partial charge in [0, 0.05) is 50.7 Å². The molecule has 0 saturated carbocycles. The van der Waals surface area contributed by atoms with Crippen LogP contribution in [0.15, 0.2) is 35.5 Å². The zero-order valence-electron chi connectivity index (χ0n) is 29.0. The first-order chi connectivity index (χ1) is 16.6. The molecule has 0 radical (unpaired) electrons. The van der Waals surface area contributed by atoms with Crippen molar-refractivity contribution in [3.63, 3.8) is 0 Å². The molecular weight excluding hydrogens is 610 g/mol. The molecule has 0 saturated heterocycles. The Morgan fingerprint density at radius 1 is 0.341 bits per heavy atom. The van der Waals surface area contributed by atoms with Gasteiger partial charge in [-0.25, -0.2) is 0 Å². The third-order valence-corrected chi connectivity index (χ3v) is 5.33. The molecule has 0 rings (SSSR count). The number of carbonyl (C=O) groups is 3. The van der Waals surface area contributed by atoms with Crippen molar-refractivity contribution in [3.05, 3.63) is 35.5 Å². The van der Waals surface area contributed by atoms with Crippen molar-refractivity contribution in [2.45, 2.75) is 125 Å². The molecule has 0 aromatic heterocycles. The average Bonchev–Trinajstić information content (AvgIpc) is 2.64. The fraction of sp³-hybridized carbons (Fsp3) is 0.727. The van der Waals surface area contributed by atoms with Crippen LogP contribution in [0.2, 0.25) is 0 Å². The molecule has 0 aliphatic rings. The van der Waals surface area contributed by atoms with Gasteiger partial charge in [0.05, 0.1) is 0 Å². The average molecular weight is 671 g/mol. The van der Waals surface area contributed by atoms with Gasteiger partial charge in [0.2, 0.25) is 0 Å². The first-order valence-corrected chi connectivity index (χ1v) is 13.5. The van der Waals surface area contributed by atoms with Crippen molar-refractivity contribution in [3.8, 4) is 0 Å². The minimum absolute atomic E-state index is 0. The summed E-state index contributed by atoms with van der Waals surface area (Å²) >= 11 is 0. The second-order valence-electron chi connectivity index (χ2n) is 16.2. The third kappa shape index (κ3) is 23.8. The zero-order valence-corrected chi connectivity index (χ0v) is 31.0. The van der Waals surface area contributed by atoms with Crippen molar-refractivity contribution < 1.29 is 63.3 Å². The first kappa shape index (κ1) is 49.3. The molecule has 0 aromatic carbocycles. The van der Waals surface area contributed by atoms with E-state index < -0.39 is 16.2 Å². The molecule has 240 valence electrons. The Bertz CT molecular complexity index is 806. The van der Waals surface area contributed by atoms with E-state index in [2.05, 4.69) is 0 Å². The Morgan fingerprint density at radius 2 is 0.463 bits per heavy atom. The van der Waals surface area contributed by atoms with Crippen LogP contribution in [0.4, 0.5) is 0 Å². The number of hydrogen-bond donors (Lipinski definition) is 3. The van der Waals surface area contributed by atoms with Crippen LogP contribution in [0, 0.1) is 32.5 Å². The Morgan fingerprint density at radius 3 is 0.537 bits per heavy atom. The van der Waals surface area contributed by atoms with Gasteiger partial charge >= 0.3 is 33.6 Å². The molecule has 0 bridgehead atoms. The zero-order chi connectivity index (χ0) is 32.6. The second kappa shape index (κ2) is 17.7. The summed E-state index contributed by atoms with van der Waals surface area (Å²) in [6, 6.07) is 0. The quantitative estimate of drug-likeness (QED) is 0.204. The van der Waals surface area contributed by atoms with Crippen molar-refractivity contribution >= 4 is 17.3 Å². The normalized spacial score (nSPS) is 13.8. The summed E-state index contributed by atoms with van der Waals surface area (Å²) in [6.45, 7) is 33.3. The van der Waals surface area contributed by atoms with Gasteiger partial charge in [-0.1, -0.05) is 125 Å². The number of carbonyl (C=O) groups excluding carboxylic acids is 3. The van der Waals surface area contributed by atoms with Gasteiger partial charge in [-0.15, -0.1) is 0 Å². The van der Waals surface area contributed by atoms with E-state index in [1.54, 1.807) is 0 Å². The molecule has 0 amide bonds. The van der Waals surface area contributed by atoms with Crippen molar-refractivity contribution in [1.29, 1.82) is 0 Å². The van der Waals surface area contributed by atoms with E-state index in [0.717, 1.165) is 0 Å². The van der Waals surface area contributed by atoms with Crippen LogP contribution in [0.5, 0.6) is 0 Å². The van der Waals surface area contributed by atoms with Crippen LogP contribution in [0.3, 0.4) is 0 Å². The summed E-state index contributed by atoms with van der Waals surface area (Å²) in [5.74, 6) is 0.312. The monoisotopic (exact) mass is 670 g/mol. The van der Waals surface area contributed by atoms with Gasteiger partial charge in [0.15, 0.2) is 17.3 Å². The number of ketones is 3. The van der Waals surface area contributed by atoms with Crippen molar-refractivity contribution in [2.75, 3.05) is 0 Å². The summed E-state index contributed by atoms with van der Waals surface area (Å²) in [5.41, 5.74) is -2.29. The molecule has 8 heteroatoms. The Kier molecular flexibility index (Phi) is 21.3. The molecule has 0 fully saturated rings. The van der Waals surface area contributed by atoms with Gasteiger partial charge in [-0.05, 0) is 0 Å². The van der Waals surface area contributed by atoms with Gasteiger partial charge in [-0.2, -0.15) is 0 Å². The summed E-state index contributed by atoms with van der Waals surface area (Å²) in [6.07, 6.45) is 4.00. The Labute approximate surface area is 272 Å². The van der Waals surface area contributed by atoms with Crippen molar-refractivity contribution in [2.24, 2.45) is 32.5 Å². The van der Waals surface area contributed by atoms with Gasteiger partial charge in [-0.3, -0.25) is 14.4 Å². The van der Waals surface area contributed by atoms with Gasteiger partial charge in [0.25, 0.3) is 0 Å². The van der Waals surface area contributed by atoms with E-state index in [4.69, 9.17) is 0 Å². The molecule has 0 unspecified atom stereocenters. The maximum atomic E-state index is 11.5. The molecule has 0 heterocycles. The van der Waals surface area contributed by atoms with Crippen LogP contribution < -0.4 is 0 Å². The second-order valence-corrected chi connectivity index (χ2v) is 16.2. The SMILES string of the molecule is CC(C)(C)C(=O)C=C(O)C(C)(C)C.CC(C)(C)C(=O)C=C(O)C(C)(C)C.CC(C)(C)C(=O)C=C(O)C(C)(C)C.[Co+3].[Co+3]. The minimum atomic E-state index is -0.417. The standard InChI is InChI=1S/3C11H20O2.2Co/c3*1-10(2,3)8(12)7-9(13)11(4,5)6;;/h3*7,12H,1-6H3;;/q;;;2*+3. The fourth-order valence-corrected chi connectivity index (χ4v) is 1.67. The van der Waals surface area contributed by atoms with E-state index in [9.17, 15) is 29.7 Å². The van der Waals surface area contributed by atoms with Crippen LogP contribution in [-0.4, -0.2) is 32.7 Å². The Hall–Kier alpha value is -1.36. The number of hydrogen-bond acceptors (Lipinski definition) is 6. The summed E-state index contributed by atoms with van der Waals surface area (Å²) in [5, 5.41) is 28.7. The van der Waals surface area contributed by atoms with Crippen LogP contribution in [-0.2, 0) is 47.9 Å². The third-order valence-electron chi connectivity index (χ3n) is 5.33. The maximum absolute atomic E-state index is 11.5. The van der Waals surface area contributed by atoms with Crippen LogP contribution in [0.1, 0.15) is 125 Å².